The summed E-state index contributed by atoms with van der Waals surface area (Å²) < 4.78 is 27.1. The number of hydrogen-bond acceptors (Lipinski definition) is 8. The molecule has 0 aliphatic rings. The number of thiazole rings is 1. The van der Waals surface area contributed by atoms with Crippen LogP contribution in [0.2, 0.25) is 0 Å². The summed E-state index contributed by atoms with van der Waals surface area (Å²) in [6.45, 7) is 0. The lowest BCUT2D eigenvalue weighted by Crippen LogP contribution is -2.02. The molecule has 0 aliphatic heterocycles. The molecule has 0 radical (unpaired) electrons. The zero-order chi connectivity index (χ0) is 13.9. The van der Waals surface area contributed by atoms with E-state index in [0.717, 1.165) is 24.8 Å². The number of hydrogen-bond donors (Lipinski definition) is 1. The van der Waals surface area contributed by atoms with Crippen LogP contribution < -0.4 is 5.73 Å². The molecule has 0 unspecified atom stereocenters. The molecule has 19 heavy (non-hydrogen) atoms. The summed E-state index contributed by atoms with van der Waals surface area (Å²) in [5.74, 6) is 0.455. The molecule has 0 aliphatic carbocycles. The van der Waals surface area contributed by atoms with Crippen molar-refractivity contribution < 1.29 is 12.9 Å². The van der Waals surface area contributed by atoms with Gasteiger partial charge in [-0.25, -0.2) is 13.4 Å². The summed E-state index contributed by atoms with van der Waals surface area (Å²) in [6.07, 6.45) is 3.30. The number of aryl methyl sites for hydroxylation is 2. The normalized spacial score (nSPS) is 11.8. The van der Waals surface area contributed by atoms with E-state index in [1.165, 1.54) is 11.3 Å². The molecule has 0 atom stereocenters. The Kier molecular flexibility index (Phi) is 4.15. The first-order valence-corrected chi connectivity index (χ1v) is 8.55. The maximum Gasteiger partial charge on any atom is 0.226 e. The number of rotatable bonds is 6. The Morgan fingerprint density at radius 1 is 1.37 bits per heavy atom. The van der Waals surface area contributed by atoms with Crippen LogP contribution in [-0.4, -0.2) is 29.8 Å². The van der Waals surface area contributed by atoms with Gasteiger partial charge >= 0.3 is 0 Å². The van der Waals surface area contributed by atoms with Crippen LogP contribution in [0.15, 0.2) is 9.90 Å². The third-order valence-corrected chi connectivity index (χ3v) is 3.80. The van der Waals surface area contributed by atoms with Gasteiger partial charge in [0.2, 0.25) is 5.89 Å². The van der Waals surface area contributed by atoms with Gasteiger partial charge in [-0.2, -0.15) is 4.98 Å². The van der Waals surface area contributed by atoms with Crippen LogP contribution in [0.4, 0.5) is 5.13 Å². The zero-order valence-electron chi connectivity index (χ0n) is 10.4. The Balaban J connectivity index is 1.83. The van der Waals surface area contributed by atoms with E-state index in [1.807, 2.05) is 5.38 Å². The molecule has 9 heteroatoms. The van der Waals surface area contributed by atoms with Crippen molar-refractivity contribution in [3.8, 4) is 0 Å². The third-order valence-electron chi connectivity index (χ3n) is 2.29. The van der Waals surface area contributed by atoms with E-state index >= 15 is 0 Å². The van der Waals surface area contributed by atoms with Crippen molar-refractivity contribution in [2.45, 2.75) is 25.0 Å². The van der Waals surface area contributed by atoms with Gasteiger partial charge in [0.05, 0.1) is 5.69 Å². The number of nitrogens with zero attached hydrogens (tertiary/aromatic N) is 3. The molecule has 0 fully saturated rings. The van der Waals surface area contributed by atoms with Crippen molar-refractivity contribution in [1.29, 1.82) is 0 Å². The highest BCUT2D eigenvalue weighted by atomic mass is 32.2. The van der Waals surface area contributed by atoms with Crippen molar-refractivity contribution in [3.63, 3.8) is 0 Å². The summed E-state index contributed by atoms with van der Waals surface area (Å²) >= 11 is 1.41. The number of aromatic nitrogens is 3. The van der Waals surface area contributed by atoms with E-state index in [4.69, 9.17) is 10.3 Å². The van der Waals surface area contributed by atoms with Crippen molar-refractivity contribution in [2.75, 3.05) is 12.0 Å². The van der Waals surface area contributed by atoms with Gasteiger partial charge in [0.25, 0.3) is 0 Å². The Bertz CT molecular complexity index is 647. The van der Waals surface area contributed by atoms with Gasteiger partial charge < -0.3 is 10.3 Å². The molecule has 0 saturated carbocycles. The molecule has 2 heterocycles. The molecule has 0 saturated heterocycles. The van der Waals surface area contributed by atoms with Gasteiger partial charge in [-0.15, -0.1) is 11.3 Å². The minimum atomic E-state index is -3.13. The second-order valence-electron chi connectivity index (χ2n) is 4.21. The fourth-order valence-electron chi connectivity index (χ4n) is 1.54. The number of sulfone groups is 1. The number of anilines is 1. The molecule has 0 spiro atoms. The first-order chi connectivity index (χ1) is 8.92. The van der Waals surface area contributed by atoms with Crippen LogP contribution in [0, 0.1) is 0 Å². The van der Waals surface area contributed by atoms with Gasteiger partial charge in [-0.1, -0.05) is 5.16 Å². The molecule has 0 aromatic carbocycles. The van der Waals surface area contributed by atoms with E-state index in [9.17, 15) is 8.42 Å². The van der Waals surface area contributed by atoms with E-state index in [0.29, 0.717) is 17.4 Å². The third kappa shape index (κ3) is 4.60. The predicted octanol–water partition coefficient (Wildman–Crippen LogP) is 0.828. The Morgan fingerprint density at radius 2 is 2.16 bits per heavy atom. The molecule has 2 rings (SSSR count). The van der Waals surface area contributed by atoms with Gasteiger partial charge in [0.15, 0.2) is 20.8 Å². The highest BCUT2D eigenvalue weighted by molar-refractivity contribution is 7.89. The maximum absolute atomic E-state index is 11.1. The quantitative estimate of drug-likeness (QED) is 0.840. The van der Waals surface area contributed by atoms with Gasteiger partial charge in [-0.05, 0) is 12.8 Å². The monoisotopic (exact) mass is 302 g/mol. The average Bonchev–Trinajstić information content (AvgIpc) is 2.86. The first-order valence-electron chi connectivity index (χ1n) is 5.61. The van der Waals surface area contributed by atoms with Crippen LogP contribution >= 0.6 is 11.3 Å². The predicted molar refractivity (Wildman–Crippen MR) is 71.4 cm³/mol. The summed E-state index contributed by atoms with van der Waals surface area (Å²) in [5, 5.41) is 6.11. The van der Waals surface area contributed by atoms with Crippen molar-refractivity contribution >= 4 is 26.3 Å². The largest absolute Gasteiger partial charge is 0.375 e. The lowest BCUT2D eigenvalue weighted by atomic mass is 10.2. The van der Waals surface area contributed by atoms with E-state index in [-0.39, 0.29) is 11.6 Å². The molecule has 104 valence electrons. The molecular formula is C10H14N4O3S2. The molecule has 7 nitrogen and oxygen atoms in total. The minimum absolute atomic E-state index is 0.195. The Morgan fingerprint density at radius 3 is 2.79 bits per heavy atom. The van der Waals surface area contributed by atoms with Crippen molar-refractivity contribution in [1.82, 2.24) is 15.1 Å². The summed E-state index contributed by atoms with van der Waals surface area (Å²) in [5.41, 5.74) is 6.48. The fourth-order valence-corrected chi connectivity index (χ4v) is 2.73. The average molecular weight is 302 g/mol. The SMILES string of the molecule is CS(=O)(=O)Cc1noc(CCCc2csc(N)n2)n1. The number of nitrogen functional groups attached to an aromatic ring is 1. The van der Waals surface area contributed by atoms with Gasteiger partial charge in [-0.3, -0.25) is 0 Å². The van der Waals surface area contributed by atoms with E-state index in [2.05, 4.69) is 15.1 Å². The molecule has 2 aromatic rings. The lowest BCUT2D eigenvalue weighted by Gasteiger charge is -1.93. The van der Waals surface area contributed by atoms with Crippen LogP contribution in [0.5, 0.6) is 0 Å². The second-order valence-corrected chi connectivity index (χ2v) is 7.23. The van der Waals surface area contributed by atoms with Crippen molar-refractivity contribution in [2.24, 2.45) is 0 Å². The van der Waals surface area contributed by atoms with Crippen LogP contribution in [0.1, 0.15) is 23.8 Å². The molecule has 0 bridgehead atoms. The van der Waals surface area contributed by atoms with Crippen molar-refractivity contribution in [3.05, 3.63) is 22.8 Å². The Labute approximate surface area is 114 Å². The smallest absolute Gasteiger partial charge is 0.226 e. The highest BCUT2D eigenvalue weighted by Crippen LogP contribution is 2.13. The van der Waals surface area contributed by atoms with Gasteiger partial charge in [0, 0.05) is 18.1 Å². The molecule has 2 N–H and O–H groups in total. The number of nitrogens with two attached hydrogens (primary N) is 1. The zero-order valence-corrected chi connectivity index (χ0v) is 12.0. The van der Waals surface area contributed by atoms with E-state index < -0.39 is 9.84 Å². The summed E-state index contributed by atoms with van der Waals surface area (Å²) in [4.78, 5) is 8.18. The van der Waals surface area contributed by atoms with Crippen LogP contribution in [0.3, 0.4) is 0 Å². The lowest BCUT2D eigenvalue weighted by molar-refractivity contribution is 0.371. The highest BCUT2D eigenvalue weighted by Gasteiger charge is 2.12. The maximum atomic E-state index is 11.1. The summed E-state index contributed by atoms with van der Waals surface area (Å²) in [6, 6.07) is 0. The molecular weight excluding hydrogens is 288 g/mol. The van der Waals surface area contributed by atoms with Crippen LogP contribution in [0.25, 0.3) is 0 Å². The molecule has 0 amide bonds. The second kappa shape index (κ2) is 5.66. The first kappa shape index (κ1) is 13.9. The Hall–Kier alpha value is -1.48. The fraction of sp³-hybridized carbons (Fsp3) is 0.500. The summed E-state index contributed by atoms with van der Waals surface area (Å²) in [7, 11) is -3.13. The standard InChI is InChI=1S/C10H14N4O3S2/c1-19(15,16)6-8-13-9(17-14-8)4-2-3-7-5-18-10(11)12-7/h5H,2-4,6H2,1H3,(H2,11,12). The van der Waals surface area contributed by atoms with Gasteiger partial charge in [0.1, 0.15) is 5.75 Å². The molecule has 2 aromatic heterocycles. The minimum Gasteiger partial charge on any atom is -0.375 e. The topological polar surface area (TPSA) is 112 Å². The van der Waals surface area contributed by atoms with Crippen LogP contribution in [-0.2, 0) is 28.4 Å². The van der Waals surface area contributed by atoms with E-state index in [1.54, 1.807) is 0 Å².